The van der Waals surface area contributed by atoms with Crippen molar-refractivity contribution in [1.29, 1.82) is 0 Å². The van der Waals surface area contributed by atoms with Crippen LogP contribution in [0.2, 0.25) is 0 Å². The van der Waals surface area contributed by atoms with Gasteiger partial charge in [0.1, 0.15) is 18.1 Å². The molecule has 0 unspecified atom stereocenters. The number of ether oxygens (including phenoxy) is 3. The van der Waals surface area contributed by atoms with E-state index in [9.17, 15) is 4.79 Å². The van der Waals surface area contributed by atoms with Gasteiger partial charge >= 0.3 is 0 Å². The van der Waals surface area contributed by atoms with Crippen LogP contribution in [-0.2, 0) is 17.9 Å². The minimum Gasteiger partial charge on any atom is -0.493 e. The zero-order chi connectivity index (χ0) is 27.7. The first kappa shape index (κ1) is 26.8. The van der Waals surface area contributed by atoms with E-state index in [-0.39, 0.29) is 12.5 Å². The van der Waals surface area contributed by atoms with Gasteiger partial charge in [0, 0.05) is 0 Å². The lowest BCUT2D eigenvalue weighted by Gasteiger charge is -2.12. The number of hydrogen-bond acceptors (Lipinski definition) is 8. The van der Waals surface area contributed by atoms with Gasteiger partial charge in [0.2, 0.25) is 0 Å². The van der Waals surface area contributed by atoms with Crippen LogP contribution in [-0.4, -0.2) is 36.4 Å². The van der Waals surface area contributed by atoms with Gasteiger partial charge in [-0.3, -0.25) is 9.69 Å². The molecule has 2 heterocycles. The van der Waals surface area contributed by atoms with E-state index in [0.29, 0.717) is 33.9 Å². The minimum atomic E-state index is -0.193. The van der Waals surface area contributed by atoms with E-state index in [1.54, 1.807) is 49.8 Å². The third kappa shape index (κ3) is 6.62. The average Bonchev–Trinajstić information content (AvgIpc) is 3.61. The molecular weight excluding hydrogens is 526 g/mol. The predicted octanol–water partition coefficient (Wildman–Crippen LogP) is 6.38. The molecule has 0 saturated carbocycles. The van der Waals surface area contributed by atoms with Crippen LogP contribution in [0.3, 0.4) is 0 Å². The second-order valence-electron chi connectivity index (χ2n) is 8.67. The molecule has 8 nitrogen and oxygen atoms in total. The number of amidine groups is 1. The van der Waals surface area contributed by atoms with Crippen LogP contribution in [0.15, 0.2) is 111 Å². The van der Waals surface area contributed by atoms with Gasteiger partial charge in [0.15, 0.2) is 16.7 Å². The number of furan rings is 1. The molecule has 1 aliphatic rings. The topological polar surface area (TPSA) is 85.9 Å². The van der Waals surface area contributed by atoms with Gasteiger partial charge in [-0.15, -0.1) is 5.10 Å². The van der Waals surface area contributed by atoms with Gasteiger partial charge in [0.05, 0.1) is 38.1 Å². The SMILES string of the molecule is COc1ccc(/C=C2\S/C(=N\N=C\c3cccc(OCc4ccccc4)c3)N(Cc3ccco3)C2=O)cc1OC. The number of hydrogen-bond donors (Lipinski definition) is 0. The maximum Gasteiger partial charge on any atom is 0.267 e. The quantitative estimate of drug-likeness (QED) is 0.129. The molecule has 1 aromatic heterocycles. The standard InChI is InChI=1S/C31H27N3O5S/c1-36-27-14-13-23(17-28(27)37-2)18-29-30(35)34(20-26-12-7-15-38-26)31(40-29)33-32-19-24-10-6-11-25(16-24)39-21-22-8-4-3-5-9-22/h3-19H,20-21H2,1-2H3/b29-18-,32-19+,33-31-. The van der Waals surface area contributed by atoms with Crippen molar-refractivity contribution in [2.45, 2.75) is 13.2 Å². The third-order valence-electron chi connectivity index (χ3n) is 5.94. The summed E-state index contributed by atoms with van der Waals surface area (Å²) < 4.78 is 22.1. The molecule has 0 spiro atoms. The van der Waals surface area contributed by atoms with Crippen LogP contribution >= 0.6 is 11.8 Å². The number of methoxy groups -OCH3 is 2. The van der Waals surface area contributed by atoms with E-state index >= 15 is 0 Å². The first-order valence-corrected chi connectivity index (χ1v) is 13.3. The van der Waals surface area contributed by atoms with Crippen molar-refractivity contribution in [3.63, 3.8) is 0 Å². The number of carbonyl (C=O) groups excluding carboxylic acids is 1. The molecule has 1 amide bonds. The van der Waals surface area contributed by atoms with Crippen molar-refractivity contribution in [2.24, 2.45) is 10.2 Å². The minimum absolute atomic E-state index is 0.193. The van der Waals surface area contributed by atoms with Crippen LogP contribution in [0, 0.1) is 0 Å². The highest BCUT2D eigenvalue weighted by molar-refractivity contribution is 8.18. The summed E-state index contributed by atoms with van der Waals surface area (Å²) in [6, 6.07) is 26.6. The number of benzene rings is 3. The molecule has 0 aliphatic carbocycles. The molecule has 1 fully saturated rings. The van der Waals surface area contributed by atoms with E-state index in [1.165, 1.54) is 11.8 Å². The largest absolute Gasteiger partial charge is 0.493 e. The Labute approximate surface area is 236 Å². The Kier molecular flexibility index (Phi) is 8.63. The zero-order valence-electron chi connectivity index (χ0n) is 22.0. The fourth-order valence-corrected chi connectivity index (χ4v) is 4.88. The smallest absolute Gasteiger partial charge is 0.267 e. The number of thioether (sulfide) groups is 1. The fraction of sp³-hybridized carbons (Fsp3) is 0.129. The normalized spacial score (nSPS) is 15.3. The van der Waals surface area contributed by atoms with E-state index in [4.69, 9.17) is 18.6 Å². The summed E-state index contributed by atoms with van der Waals surface area (Å²) in [6.45, 7) is 0.707. The van der Waals surface area contributed by atoms with E-state index < -0.39 is 0 Å². The summed E-state index contributed by atoms with van der Waals surface area (Å²) in [6.07, 6.45) is 5.00. The van der Waals surface area contributed by atoms with E-state index in [1.807, 2.05) is 72.8 Å². The zero-order valence-corrected chi connectivity index (χ0v) is 22.8. The molecule has 4 aromatic rings. The molecule has 0 atom stereocenters. The molecule has 9 heteroatoms. The van der Waals surface area contributed by atoms with Crippen LogP contribution < -0.4 is 14.2 Å². The number of nitrogens with zero attached hydrogens (tertiary/aromatic N) is 3. The molecule has 0 radical (unpaired) electrons. The maximum absolute atomic E-state index is 13.4. The van der Waals surface area contributed by atoms with Gasteiger partial charge in [-0.2, -0.15) is 5.10 Å². The molecule has 0 bridgehead atoms. The summed E-state index contributed by atoms with van der Waals surface area (Å²) in [5.74, 6) is 2.36. The Morgan fingerprint density at radius 1 is 0.900 bits per heavy atom. The van der Waals surface area contributed by atoms with E-state index in [0.717, 1.165) is 22.4 Å². The molecule has 40 heavy (non-hydrogen) atoms. The number of amides is 1. The highest BCUT2D eigenvalue weighted by Gasteiger charge is 2.34. The van der Waals surface area contributed by atoms with Crippen LogP contribution in [0.4, 0.5) is 0 Å². The Balaban J connectivity index is 1.35. The van der Waals surface area contributed by atoms with Gasteiger partial charge in [-0.25, -0.2) is 0 Å². The molecule has 5 rings (SSSR count). The maximum atomic E-state index is 13.4. The van der Waals surface area contributed by atoms with Gasteiger partial charge < -0.3 is 18.6 Å². The molecule has 1 aliphatic heterocycles. The fourth-order valence-electron chi connectivity index (χ4n) is 3.94. The first-order chi connectivity index (χ1) is 19.6. The summed E-state index contributed by atoms with van der Waals surface area (Å²) in [7, 11) is 3.15. The lowest BCUT2D eigenvalue weighted by Crippen LogP contribution is -2.28. The summed E-state index contributed by atoms with van der Waals surface area (Å²) >= 11 is 1.25. The monoisotopic (exact) mass is 553 g/mol. The lowest BCUT2D eigenvalue weighted by molar-refractivity contribution is -0.122. The van der Waals surface area contributed by atoms with E-state index in [2.05, 4.69) is 10.2 Å². The van der Waals surface area contributed by atoms with Crippen molar-refractivity contribution in [3.8, 4) is 17.2 Å². The van der Waals surface area contributed by atoms with Crippen molar-refractivity contribution < 1.29 is 23.4 Å². The Morgan fingerprint density at radius 3 is 2.52 bits per heavy atom. The Hall–Kier alpha value is -4.76. The second kappa shape index (κ2) is 12.9. The third-order valence-corrected chi connectivity index (χ3v) is 6.94. The number of carbonyl (C=O) groups is 1. The first-order valence-electron chi connectivity index (χ1n) is 12.5. The van der Waals surface area contributed by atoms with Crippen LogP contribution in [0.25, 0.3) is 6.08 Å². The highest BCUT2D eigenvalue weighted by atomic mass is 32.2. The second-order valence-corrected chi connectivity index (χ2v) is 9.68. The molecule has 1 saturated heterocycles. The molecule has 0 N–H and O–H groups in total. The lowest BCUT2D eigenvalue weighted by atomic mass is 10.2. The predicted molar refractivity (Wildman–Crippen MR) is 157 cm³/mol. The van der Waals surface area contributed by atoms with Crippen molar-refractivity contribution in [3.05, 3.63) is 119 Å². The van der Waals surface area contributed by atoms with Gasteiger partial charge in [-0.05, 0) is 70.9 Å². The number of rotatable bonds is 10. The van der Waals surface area contributed by atoms with Crippen LogP contribution in [0.1, 0.15) is 22.5 Å². The van der Waals surface area contributed by atoms with Gasteiger partial charge in [0.25, 0.3) is 5.91 Å². The van der Waals surface area contributed by atoms with Crippen molar-refractivity contribution in [1.82, 2.24) is 4.90 Å². The van der Waals surface area contributed by atoms with Crippen LogP contribution in [0.5, 0.6) is 17.2 Å². The Morgan fingerprint density at radius 2 is 1.75 bits per heavy atom. The molecular formula is C31H27N3O5S. The Bertz CT molecular complexity index is 1550. The average molecular weight is 554 g/mol. The summed E-state index contributed by atoms with van der Waals surface area (Å²) in [4.78, 5) is 15.4. The highest BCUT2D eigenvalue weighted by Crippen LogP contribution is 2.35. The summed E-state index contributed by atoms with van der Waals surface area (Å²) in [5.41, 5.74) is 2.70. The molecule has 202 valence electrons. The van der Waals surface area contributed by atoms with Gasteiger partial charge in [-0.1, -0.05) is 48.5 Å². The van der Waals surface area contributed by atoms with Crippen molar-refractivity contribution >= 4 is 35.1 Å². The summed E-state index contributed by atoms with van der Waals surface area (Å²) in [5, 5.41) is 9.13. The molecule has 3 aromatic carbocycles. The van der Waals surface area contributed by atoms with Crippen molar-refractivity contribution in [2.75, 3.05) is 14.2 Å².